The Hall–Kier alpha value is -0.580. The monoisotopic (exact) mass is 523 g/mol. The second-order valence-electron chi connectivity index (χ2n) is 4.73. The zero-order valence-electron chi connectivity index (χ0n) is 11.8. The summed E-state index contributed by atoms with van der Waals surface area (Å²) in [5.74, 6) is 0.398. The number of halogens is 3. The highest BCUT2D eigenvalue weighted by molar-refractivity contribution is 14.1. The minimum absolute atomic E-state index is 0.398. The second kappa shape index (κ2) is 7.54. The number of fused-ring (bicyclic) bond motifs is 1. The van der Waals surface area contributed by atoms with Crippen molar-refractivity contribution in [1.29, 1.82) is 0 Å². The van der Waals surface area contributed by atoms with Gasteiger partial charge in [-0.15, -0.1) is 0 Å². The number of nitrogens with two attached hydrogens (primary N) is 1. The first-order valence-corrected chi connectivity index (χ1v) is 10.1. The summed E-state index contributed by atoms with van der Waals surface area (Å²) < 4.78 is 3.16. The van der Waals surface area contributed by atoms with Crippen molar-refractivity contribution in [1.82, 2.24) is 19.5 Å². The van der Waals surface area contributed by atoms with E-state index in [1.165, 1.54) is 6.33 Å². The van der Waals surface area contributed by atoms with Gasteiger partial charge in [0, 0.05) is 25.4 Å². The van der Waals surface area contributed by atoms with Crippen molar-refractivity contribution in [2.24, 2.45) is 0 Å². The molecule has 0 bridgehead atoms. The Morgan fingerprint density at radius 1 is 1.30 bits per heavy atom. The van der Waals surface area contributed by atoms with Gasteiger partial charge in [0.1, 0.15) is 6.33 Å². The van der Waals surface area contributed by atoms with Crippen LogP contribution in [-0.2, 0) is 6.54 Å². The van der Waals surface area contributed by atoms with Crippen molar-refractivity contribution < 1.29 is 0 Å². The van der Waals surface area contributed by atoms with Crippen molar-refractivity contribution in [3.63, 3.8) is 0 Å². The van der Waals surface area contributed by atoms with E-state index in [1.807, 2.05) is 12.1 Å². The summed E-state index contributed by atoms with van der Waals surface area (Å²) in [4.78, 5) is 14.0. The molecule has 0 aliphatic carbocycles. The van der Waals surface area contributed by atoms with E-state index in [0.717, 1.165) is 37.6 Å². The highest BCUT2D eigenvalue weighted by Crippen LogP contribution is 2.33. The Morgan fingerprint density at radius 2 is 2.13 bits per heavy atom. The molecule has 0 fully saturated rings. The van der Waals surface area contributed by atoms with Crippen LogP contribution in [0.25, 0.3) is 11.2 Å². The smallest absolute Gasteiger partial charge is 0.175 e. The molecule has 120 valence electrons. The fraction of sp³-hybridized carbons (Fsp3) is 0.214. The van der Waals surface area contributed by atoms with E-state index in [4.69, 9.17) is 17.3 Å². The molecule has 0 atom stereocenters. The number of hydrogen-bond acceptors (Lipinski definition) is 5. The zero-order chi connectivity index (χ0) is 16.4. The Kier molecular flexibility index (Phi) is 5.65. The minimum Gasteiger partial charge on any atom is -0.382 e. The molecule has 0 saturated heterocycles. The van der Waals surface area contributed by atoms with E-state index in [0.29, 0.717) is 16.4 Å². The Labute approximate surface area is 164 Å². The predicted molar refractivity (Wildman–Crippen MR) is 106 cm³/mol. The average Bonchev–Trinajstić information content (AvgIpc) is 2.83. The first-order valence-electron chi connectivity index (χ1n) is 6.75. The van der Waals surface area contributed by atoms with Crippen molar-refractivity contribution in [3.05, 3.63) is 33.1 Å². The molecule has 0 radical (unpaired) electrons. The molecular formula is C14H12BrClIN5S. The number of hydrogen-bond donors (Lipinski definition) is 1. The van der Waals surface area contributed by atoms with Gasteiger partial charge >= 0.3 is 0 Å². The third-order valence-electron chi connectivity index (χ3n) is 3.09. The Morgan fingerprint density at radius 3 is 2.87 bits per heavy atom. The molecule has 0 amide bonds. The Bertz CT molecular complexity index is 836. The van der Waals surface area contributed by atoms with Gasteiger partial charge in [-0.3, -0.25) is 0 Å². The first-order chi connectivity index (χ1) is 11.1. The molecule has 0 spiro atoms. The van der Waals surface area contributed by atoms with Crippen LogP contribution in [-0.4, -0.2) is 24.8 Å². The second-order valence-corrected chi connectivity index (χ2v) is 8.24. The summed E-state index contributed by atoms with van der Waals surface area (Å²) in [5.41, 5.74) is 7.34. The molecule has 9 heteroatoms. The van der Waals surface area contributed by atoms with Crippen LogP contribution in [0.5, 0.6) is 0 Å². The van der Waals surface area contributed by atoms with Crippen LogP contribution in [0.4, 0.5) is 5.82 Å². The van der Waals surface area contributed by atoms with Crippen LogP contribution in [0.15, 0.2) is 34.6 Å². The third kappa shape index (κ3) is 3.92. The highest BCUT2D eigenvalue weighted by Gasteiger charge is 2.16. The molecular weight excluding hydrogens is 513 g/mol. The van der Waals surface area contributed by atoms with Gasteiger partial charge in [0.05, 0.1) is 0 Å². The van der Waals surface area contributed by atoms with E-state index in [1.54, 1.807) is 11.8 Å². The average molecular weight is 525 g/mol. The fourth-order valence-corrected chi connectivity index (χ4v) is 4.75. The highest BCUT2D eigenvalue weighted by atomic mass is 127. The molecule has 0 aliphatic rings. The number of imidazole rings is 1. The lowest BCUT2D eigenvalue weighted by Gasteiger charge is -2.07. The maximum atomic E-state index is 6.15. The largest absolute Gasteiger partial charge is 0.382 e. The van der Waals surface area contributed by atoms with E-state index in [9.17, 15) is 0 Å². The van der Waals surface area contributed by atoms with E-state index < -0.39 is 0 Å². The van der Waals surface area contributed by atoms with Crippen molar-refractivity contribution >= 4 is 78.9 Å². The van der Waals surface area contributed by atoms with Crippen LogP contribution in [0.1, 0.15) is 6.42 Å². The van der Waals surface area contributed by atoms with Crippen molar-refractivity contribution in [3.8, 4) is 0 Å². The standard InChI is InChI=1S/C14H12BrClIN5S/c15-2-1-3-22-13-11(12(18)19-7-20-13)21-14(22)23-10-5-8(16)4-9(17)6-10/h4-7H,1-3H2,(H2,18,19,20). The number of aryl methyl sites for hydroxylation is 1. The number of nitrogen functional groups attached to an aromatic ring is 1. The summed E-state index contributed by atoms with van der Waals surface area (Å²) in [6, 6.07) is 5.92. The maximum Gasteiger partial charge on any atom is 0.175 e. The summed E-state index contributed by atoms with van der Waals surface area (Å²) >= 11 is 13.4. The molecule has 3 aromatic rings. The molecule has 1 aromatic carbocycles. The number of rotatable bonds is 5. The topological polar surface area (TPSA) is 69.6 Å². The molecule has 3 rings (SSSR count). The number of nitrogens with zero attached hydrogens (tertiary/aromatic N) is 4. The van der Waals surface area contributed by atoms with Gasteiger partial charge in [0.2, 0.25) is 0 Å². The van der Waals surface area contributed by atoms with E-state index >= 15 is 0 Å². The number of anilines is 1. The molecule has 0 unspecified atom stereocenters. The van der Waals surface area contributed by atoms with Gasteiger partial charge in [-0.25, -0.2) is 15.0 Å². The van der Waals surface area contributed by atoms with Crippen LogP contribution in [0, 0.1) is 3.57 Å². The lowest BCUT2D eigenvalue weighted by atomic mass is 10.4. The molecule has 2 aromatic heterocycles. The van der Waals surface area contributed by atoms with Gasteiger partial charge in [-0.1, -0.05) is 39.3 Å². The van der Waals surface area contributed by atoms with Crippen LogP contribution in [0.2, 0.25) is 5.02 Å². The SMILES string of the molecule is Nc1ncnc2c1nc(Sc1cc(Cl)cc(I)c1)n2CCCBr. The van der Waals surface area contributed by atoms with Crippen LogP contribution >= 0.6 is 61.9 Å². The fourth-order valence-electron chi connectivity index (χ4n) is 2.12. The zero-order valence-corrected chi connectivity index (χ0v) is 17.2. The number of benzene rings is 1. The van der Waals surface area contributed by atoms with Gasteiger partial charge in [-0.05, 0) is 47.2 Å². The molecule has 2 N–H and O–H groups in total. The third-order valence-corrected chi connectivity index (χ3v) is 5.45. The summed E-state index contributed by atoms with van der Waals surface area (Å²) in [6.07, 6.45) is 2.44. The lowest BCUT2D eigenvalue weighted by Crippen LogP contribution is -2.02. The summed E-state index contributed by atoms with van der Waals surface area (Å²) in [5, 5.41) is 2.46. The van der Waals surface area contributed by atoms with Crippen molar-refractivity contribution in [2.45, 2.75) is 23.0 Å². The minimum atomic E-state index is 0.398. The molecule has 23 heavy (non-hydrogen) atoms. The van der Waals surface area contributed by atoms with Gasteiger partial charge in [-0.2, -0.15) is 0 Å². The molecule has 5 nitrogen and oxygen atoms in total. The number of aromatic nitrogens is 4. The number of alkyl halides is 1. The maximum absolute atomic E-state index is 6.15. The predicted octanol–water partition coefficient (Wildman–Crippen LogP) is 4.60. The summed E-state index contributed by atoms with van der Waals surface area (Å²) in [6.45, 7) is 0.804. The quantitative estimate of drug-likeness (QED) is 0.390. The van der Waals surface area contributed by atoms with Gasteiger partial charge in [0.25, 0.3) is 0 Å². The van der Waals surface area contributed by atoms with E-state index in [2.05, 4.69) is 64.1 Å². The Balaban J connectivity index is 2.06. The van der Waals surface area contributed by atoms with Gasteiger partial charge in [0.15, 0.2) is 22.1 Å². The lowest BCUT2D eigenvalue weighted by molar-refractivity contribution is 0.639. The molecule has 0 saturated carbocycles. The van der Waals surface area contributed by atoms with E-state index in [-0.39, 0.29) is 0 Å². The van der Waals surface area contributed by atoms with Crippen LogP contribution in [0.3, 0.4) is 0 Å². The molecule has 0 aliphatic heterocycles. The molecule has 2 heterocycles. The normalized spacial score (nSPS) is 11.3. The first kappa shape index (κ1) is 17.2. The van der Waals surface area contributed by atoms with Crippen molar-refractivity contribution in [2.75, 3.05) is 11.1 Å². The van der Waals surface area contributed by atoms with Crippen LogP contribution < -0.4 is 5.73 Å². The summed E-state index contributed by atoms with van der Waals surface area (Å²) in [7, 11) is 0. The van der Waals surface area contributed by atoms with Gasteiger partial charge < -0.3 is 10.3 Å².